The van der Waals surface area contributed by atoms with Crippen molar-refractivity contribution in [2.45, 2.75) is 57.0 Å². The van der Waals surface area contributed by atoms with Gasteiger partial charge in [0.1, 0.15) is 0 Å². The third-order valence-corrected chi connectivity index (χ3v) is 4.52. The number of hydrogen-bond donors (Lipinski definition) is 3. The molecule has 0 aromatic heterocycles. The van der Waals surface area contributed by atoms with Gasteiger partial charge in [-0.3, -0.25) is 15.0 Å². The molecule has 3 N–H and O–H groups in total. The van der Waals surface area contributed by atoms with E-state index in [9.17, 15) is 9.59 Å². The molecule has 6 nitrogen and oxygen atoms in total. The molecule has 2 rings (SSSR count). The average Bonchev–Trinajstić information content (AvgIpc) is 2.48. The number of nitrogens with one attached hydrogen (secondary N) is 3. The van der Waals surface area contributed by atoms with E-state index in [1.807, 2.05) is 11.9 Å². The lowest BCUT2D eigenvalue weighted by Gasteiger charge is -2.31. The Kier molecular flexibility index (Phi) is 6.45. The second-order valence-corrected chi connectivity index (χ2v) is 6.25. The lowest BCUT2D eigenvalue weighted by atomic mass is 9.96. The topological polar surface area (TPSA) is 73.5 Å². The minimum absolute atomic E-state index is 0.218. The first kappa shape index (κ1) is 16.2. The van der Waals surface area contributed by atoms with Gasteiger partial charge in [-0.15, -0.1) is 0 Å². The number of urea groups is 1. The lowest BCUT2D eigenvalue weighted by molar-refractivity contribution is -0.121. The third-order valence-electron chi connectivity index (χ3n) is 4.52. The highest BCUT2D eigenvalue weighted by Gasteiger charge is 2.21. The molecule has 1 saturated carbocycles. The second-order valence-electron chi connectivity index (χ2n) is 6.25. The Labute approximate surface area is 127 Å². The number of carbonyl (C=O) groups is 2. The molecule has 2 aliphatic rings. The van der Waals surface area contributed by atoms with Crippen molar-refractivity contribution in [2.24, 2.45) is 0 Å². The van der Waals surface area contributed by atoms with Gasteiger partial charge in [-0.25, -0.2) is 4.79 Å². The van der Waals surface area contributed by atoms with Crippen LogP contribution in [-0.4, -0.2) is 55.6 Å². The number of piperidine rings is 1. The van der Waals surface area contributed by atoms with Crippen LogP contribution in [0.1, 0.15) is 44.9 Å². The quantitative estimate of drug-likeness (QED) is 0.718. The molecule has 1 aliphatic heterocycles. The summed E-state index contributed by atoms with van der Waals surface area (Å²) in [6, 6.07) is 0.317. The van der Waals surface area contributed by atoms with Gasteiger partial charge in [-0.2, -0.15) is 0 Å². The van der Waals surface area contributed by atoms with Gasteiger partial charge in [0, 0.05) is 12.1 Å². The van der Waals surface area contributed by atoms with Gasteiger partial charge < -0.3 is 10.6 Å². The molecule has 120 valence electrons. The van der Waals surface area contributed by atoms with Crippen LogP contribution in [0.2, 0.25) is 0 Å². The first-order valence-corrected chi connectivity index (χ1v) is 8.16. The Bertz CT molecular complexity index is 350. The maximum absolute atomic E-state index is 11.9. The van der Waals surface area contributed by atoms with Gasteiger partial charge in [0.05, 0.1) is 6.54 Å². The van der Waals surface area contributed by atoms with E-state index in [0.717, 1.165) is 51.6 Å². The summed E-state index contributed by atoms with van der Waals surface area (Å²) in [4.78, 5) is 25.8. The summed E-state index contributed by atoms with van der Waals surface area (Å²) in [5.74, 6) is -0.218. The van der Waals surface area contributed by atoms with Gasteiger partial charge in [0.2, 0.25) is 5.91 Å². The van der Waals surface area contributed by atoms with Crippen molar-refractivity contribution in [1.82, 2.24) is 20.9 Å². The Morgan fingerprint density at radius 3 is 2.43 bits per heavy atom. The normalized spacial score (nSPS) is 21.2. The van der Waals surface area contributed by atoms with E-state index in [1.165, 1.54) is 6.42 Å². The molecule has 21 heavy (non-hydrogen) atoms. The van der Waals surface area contributed by atoms with E-state index in [1.54, 1.807) is 0 Å². The van der Waals surface area contributed by atoms with Crippen LogP contribution in [0.15, 0.2) is 0 Å². The summed E-state index contributed by atoms with van der Waals surface area (Å²) in [5, 5.41) is 8.66. The number of imide groups is 1. The van der Waals surface area contributed by atoms with Crippen LogP contribution in [0, 0.1) is 0 Å². The maximum atomic E-state index is 11.9. The Balaban J connectivity index is 1.66. The fraction of sp³-hybridized carbons (Fsp3) is 0.867. The number of hydrogen-bond acceptors (Lipinski definition) is 4. The SMILES string of the molecule is CN(CC(=O)NC(=O)NC1CCCCC1)C1CCNCC1. The molecular weight excluding hydrogens is 268 g/mol. The fourth-order valence-electron chi connectivity index (χ4n) is 3.24. The summed E-state index contributed by atoms with van der Waals surface area (Å²) in [7, 11) is 1.95. The summed E-state index contributed by atoms with van der Waals surface area (Å²) >= 11 is 0. The minimum Gasteiger partial charge on any atom is -0.335 e. The average molecular weight is 296 g/mol. The minimum atomic E-state index is -0.342. The van der Waals surface area contributed by atoms with Gasteiger partial charge >= 0.3 is 6.03 Å². The van der Waals surface area contributed by atoms with Gasteiger partial charge in [0.25, 0.3) is 0 Å². The second kappa shape index (κ2) is 8.34. The molecule has 1 aliphatic carbocycles. The van der Waals surface area contributed by atoms with Crippen molar-refractivity contribution in [3.8, 4) is 0 Å². The number of likely N-dealkylation sites (N-methyl/N-ethyl adjacent to an activating group) is 1. The van der Waals surface area contributed by atoms with Gasteiger partial charge in [-0.05, 0) is 45.8 Å². The van der Waals surface area contributed by atoms with E-state index >= 15 is 0 Å². The van der Waals surface area contributed by atoms with Crippen LogP contribution < -0.4 is 16.0 Å². The van der Waals surface area contributed by atoms with Crippen molar-refractivity contribution in [3.63, 3.8) is 0 Å². The van der Waals surface area contributed by atoms with Crippen LogP contribution in [0.5, 0.6) is 0 Å². The Morgan fingerprint density at radius 1 is 1.10 bits per heavy atom. The molecule has 6 heteroatoms. The first-order valence-electron chi connectivity index (χ1n) is 8.16. The van der Waals surface area contributed by atoms with Crippen LogP contribution in [0.3, 0.4) is 0 Å². The molecular formula is C15H28N4O2. The van der Waals surface area contributed by atoms with Crippen LogP contribution in [0.4, 0.5) is 4.79 Å². The van der Waals surface area contributed by atoms with E-state index in [2.05, 4.69) is 16.0 Å². The monoisotopic (exact) mass is 296 g/mol. The van der Waals surface area contributed by atoms with Gasteiger partial charge in [-0.1, -0.05) is 19.3 Å². The zero-order chi connectivity index (χ0) is 15.1. The number of nitrogens with zero attached hydrogens (tertiary/aromatic N) is 1. The van der Waals surface area contributed by atoms with Crippen LogP contribution in [0.25, 0.3) is 0 Å². The summed E-state index contributed by atoms with van der Waals surface area (Å²) in [6.45, 7) is 2.28. The fourth-order valence-corrected chi connectivity index (χ4v) is 3.24. The Hall–Kier alpha value is -1.14. The highest BCUT2D eigenvalue weighted by atomic mass is 16.2. The highest BCUT2D eigenvalue weighted by Crippen LogP contribution is 2.17. The van der Waals surface area contributed by atoms with Crippen molar-refractivity contribution in [1.29, 1.82) is 0 Å². The molecule has 0 atom stereocenters. The largest absolute Gasteiger partial charge is 0.335 e. The first-order chi connectivity index (χ1) is 10.1. The molecule has 1 heterocycles. The van der Waals surface area contributed by atoms with E-state index in [-0.39, 0.29) is 24.5 Å². The maximum Gasteiger partial charge on any atom is 0.321 e. The molecule has 0 spiro atoms. The lowest BCUT2D eigenvalue weighted by Crippen LogP contribution is -2.50. The molecule has 1 saturated heterocycles. The zero-order valence-electron chi connectivity index (χ0n) is 13.0. The zero-order valence-corrected chi connectivity index (χ0v) is 13.0. The van der Waals surface area contributed by atoms with Crippen molar-refractivity contribution in [3.05, 3.63) is 0 Å². The molecule has 0 radical (unpaired) electrons. The summed E-state index contributed by atoms with van der Waals surface area (Å²) in [5.41, 5.74) is 0. The van der Waals surface area contributed by atoms with Crippen molar-refractivity contribution < 1.29 is 9.59 Å². The third kappa shape index (κ3) is 5.63. The predicted molar refractivity (Wildman–Crippen MR) is 82.1 cm³/mol. The summed E-state index contributed by atoms with van der Waals surface area (Å²) in [6.07, 6.45) is 7.73. The number of amides is 3. The molecule has 0 unspecified atom stereocenters. The predicted octanol–water partition coefficient (Wildman–Crippen LogP) is 0.829. The smallest absolute Gasteiger partial charge is 0.321 e. The standard InChI is InChI=1S/C15H28N4O2/c1-19(13-7-9-16-10-8-13)11-14(20)18-15(21)17-12-5-3-2-4-6-12/h12-13,16H,2-11H2,1H3,(H2,17,18,20,21). The highest BCUT2D eigenvalue weighted by molar-refractivity contribution is 5.95. The van der Waals surface area contributed by atoms with Crippen LogP contribution >= 0.6 is 0 Å². The molecule has 0 aromatic rings. The Morgan fingerprint density at radius 2 is 1.76 bits per heavy atom. The van der Waals surface area contributed by atoms with Gasteiger partial charge in [0.15, 0.2) is 0 Å². The molecule has 3 amide bonds. The van der Waals surface area contributed by atoms with Crippen molar-refractivity contribution in [2.75, 3.05) is 26.7 Å². The number of rotatable bonds is 4. The van der Waals surface area contributed by atoms with Crippen molar-refractivity contribution >= 4 is 11.9 Å². The van der Waals surface area contributed by atoms with E-state index in [0.29, 0.717) is 6.04 Å². The molecule has 2 fully saturated rings. The van der Waals surface area contributed by atoms with Crippen LogP contribution in [-0.2, 0) is 4.79 Å². The van der Waals surface area contributed by atoms with E-state index in [4.69, 9.17) is 0 Å². The molecule has 0 bridgehead atoms. The molecule has 0 aromatic carbocycles. The number of carbonyl (C=O) groups excluding carboxylic acids is 2. The van der Waals surface area contributed by atoms with E-state index < -0.39 is 0 Å². The summed E-state index contributed by atoms with van der Waals surface area (Å²) < 4.78 is 0.